The number of rotatable bonds is 7. The van der Waals surface area contributed by atoms with Gasteiger partial charge in [-0.1, -0.05) is 25.1 Å². The lowest BCUT2D eigenvalue weighted by atomic mass is 10.1. The number of hydrogen-bond acceptors (Lipinski definition) is 3. The molecule has 21 heavy (non-hydrogen) atoms. The van der Waals surface area contributed by atoms with Gasteiger partial charge in [-0.25, -0.2) is 9.37 Å². The van der Waals surface area contributed by atoms with Crippen molar-refractivity contribution in [1.29, 1.82) is 0 Å². The molecule has 0 saturated carbocycles. The van der Waals surface area contributed by atoms with Gasteiger partial charge < -0.3 is 9.67 Å². The highest BCUT2D eigenvalue weighted by molar-refractivity contribution is 7.99. The zero-order valence-electron chi connectivity index (χ0n) is 11.8. The SMILES string of the molecule is CCCCn1c(-c2ccc(F)cc2)cnc1SCC(=O)O. The van der Waals surface area contributed by atoms with E-state index in [0.717, 1.165) is 30.6 Å². The predicted octanol–water partition coefficient (Wildman–Crippen LogP) is 3.67. The number of hydrogen-bond donors (Lipinski definition) is 1. The van der Waals surface area contributed by atoms with Gasteiger partial charge in [-0.3, -0.25) is 4.79 Å². The summed E-state index contributed by atoms with van der Waals surface area (Å²) in [5, 5.41) is 9.48. The van der Waals surface area contributed by atoms with Crippen molar-refractivity contribution in [2.45, 2.75) is 31.5 Å². The van der Waals surface area contributed by atoms with Crippen LogP contribution in [0.25, 0.3) is 11.3 Å². The molecule has 0 aliphatic carbocycles. The molecule has 0 amide bonds. The first kappa shape index (κ1) is 15.6. The number of halogens is 1. The van der Waals surface area contributed by atoms with Crippen molar-refractivity contribution in [3.05, 3.63) is 36.3 Å². The Kier molecular flexibility index (Phi) is 5.38. The number of unbranched alkanes of at least 4 members (excludes halogenated alkanes) is 1. The maximum atomic E-state index is 13.0. The van der Waals surface area contributed by atoms with E-state index in [1.807, 2.05) is 4.57 Å². The zero-order chi connectivity index (χ0) is 15.2. The Morgan fingerprint density at radius 1 is 1.38 bits per heavy atom. The van der Waals surface area contributed by atoms with E-state index in [2.05, 4.69) is 11.9 Å². The van der Waals surface area contributed by atoms with Crippen LogP contribution in [0.2, 0.25) is 0 Å². The summed E-state index contributed by atoms with van der Waals surface area (Å²) >= 11 is 1.20. The van der Waals surface area contributed by atoms with Crippen molar-refractivity contribution in [1.82, 2.24) is 9.55 Å². The van der Waals surface area contributed by atoms with Gasteiger partial charge in [-0.05, 0) is 36.2 Å². The number of aromatic nitrogens is 2. The van der Waals surface area contributed by atoms with Gasteiger partial charge in [0.1, 0.15) is 5.82 Å². The molecule has 0 atom stereocenters. The van der Waals surface area contributed by atoms with Gasteiger partial charge in [0.05, 0.1) is 17.6 Å². The summed E-state index contributed by atoms with van der Waals surface area (Å²) in [6, 6.07) is 6.24. The Balaban J connectivity index is 2.31. The van der Waals surface area contributed by atoms with Crippen LogP contribution in [0.5, 0.6) is 0 Å². The van der Waals surface area contributed by atoms with E-state index in [0.29, 0.717) is 5.16 Å². The van der Waals surface area contributed by atoms with Crippen LogP contribution >= 0.6 is 11.8 Å². The summed E-state index contributed by atoms with van der Waals surface area (Å²) in [5.41, 5.74) is 1.76. The van der Waals surface area contributed by atoms with Gasteiger partial charge in [-0.2, -0.15) is 0 Å². The molecule has 0 aliphatic heterocycles. The van der Waals surface area contributed by atoms with Crippen LogP contribution in [0.4, 0.5) is 4.39 Å². The summed E-state index contributed by atoms with van der Waals surface area (Å²) < 4.78 is 15.0. The lowest BCUT2D eigenvalue weighted by Crippen LogP contribution is -2.05. The molecule has 2 rings (SSSR count). The fourth-order valence-corrected chi connectivity index (χ4v) is 2.71. The molecule has 112 valence electrons. The van der Waals surface area contributed by atoms with Crippen molar-refractivity contribution in [3.63, 3.8) is 0 Å². The largest absolute Gasteiger partial charge is 0.481 e. The fourth-order valence-electron chi connectivity index (χ4n) is 1.98. The average Bonchev–Trinajstić information content (AvgIpc) is 2.86. The summed E-state index contributed by atoms with van der Waals surface area (Å²) in [6.07, 6.45) is 3.72. The maximum absolute atomic E-state index is 13.0. The van der Waals surface area contributed by atoms with Gasteiger partial charge in [0.25, 0.3) is 0 Å². The monoisotopic (exact) mass is 308 g/mol. The summed E-state index contributed by atoms with van der Waals surface area (Å²) in [4.78, 5) is 15.0. The standard InChI is InChI=1S/C15H17FN2O2S/c1-2-3-8-18-13(11-4-6-12(16)7-5-11)9-17-15(18)21-10-14(19)20/h4-7,9H,2-3,8,10H2,1H3,(H,19,20). The third-order valence-electron chi connectivity index (χ3n) is 3.02. The van der Waals surface area contributed by atoms with E-state index in [9.17, 15) is 9.18 Å². The minimum Gasteiger partial charge on any atom is -0.481 e. The number of carboxylic acids is 1. The summed E-state index contributed by atoms with van der Waals surface area (Å²) in [5.74, 6) is -1.17. The second kappa shape index (κ2) is 7.26. The van der Waals surface area contributed by atoms with Gasteiger partial charge >= 0.3 is 5.97 Å². The lowest BCUT2D eigenvalue weighted by molar-refractivity contribution is -0.133. The van der Waals surface area contributed by atoms with Crippen molar-refractivity contribution in [3.8, 4) is 11.3 Å². The van der Waals surface area contributed by atoms with Gasteiger partial charge in [-0.15, -0.1) is 0 Å². The highest BCUT2D eigenvalue weighted by Gasteiger charge is 2.13. The first-order chi connectivity index (χ1) is 10.1. The minimum atomic E-state index is -0.867. The summed E-state index contributed by atoms with van der Waals surface area (Å²) in [6.45, 7) is 2.86. The van der Waals surface area contributed by atoms with Gasteiger partial charge in [0, 0.05) is 6.54 Å². The molecule has 1 aromatic carbocycles. The van der Waals surface area contributed by atoms with E-state index >= 15 is 0 Å². The predicted molar refractivity (Wildman–Crippen MR) is 80.9 cm³/mol. The Morgan fingerprint density at radius 3 is 2.71 bits per heavy atom. The highest BCUT2D eigenvalue weighted by atomic mass is 32.2. The Hall–Kier alpha value is -1.82. The highest BCUT2D eigenvalue weighted by Crippen LogP contribution is 2.26. The summed E-state index contributed by atoms with van der Waals surface area (Å²) in [7, 11) is 0. The molecule has 0 unspecified atom stereocenters. The Labute approximate surface area is 127 Å². The van der Waals surface area contributed by atoms with E-state index < -0.39 is 5.97 Å². The molecular formula is C15H17FN2O2S. The van der Waals surface area contributed by atoms with E-state index in [4.69, 9.17) is 5.11 Å². The molecule has 0 spiro atoms. The average molecular weight is 308 g/mol. The molecule has 1 N–H and O–H groups in total. The topological polar surface area (TPSA) is 55.1 Å². The van der Waals surface area contributed by atoms with Crippen LogP contribution in [-0.2, 0) is 11.3 Å². The molecular weight excluding hydrogens is 291 g/mol. The Bertz CT molecular complexity index is 611. The van der Waals surface area contributed by atoms with Crippen molar-refractivity contribution >= 4 is 17.7 Å². The maximum Gasteiger partial charge on any atom is 0.313 e. The first-order valence-corrected chi connectivity index (χ1v) is 7.76. The second-order valence-electron chi connectivity index (χ2n) is 4.62. The fraction of sp³-hybridized carbons (Fsp3) is 0.333. The molecule has 1 heterocycles. The molecule has 0 aliphatic rings. The van der Waals surface area contributed by atoms with Gasteiger partial charge in [0.15, 0.2) is 5.16 Å². The quantitative estimate of drug-likeness (QED) is 0.793. The van der Waals surface area contributed by atoms with Crippen molar-refractivity contribution in [2.75, 3.05) is 5.75 Å². The Morgan fingerprint density at radius 2 is 2.10 bits per heavy atom. The molecule has 6 heteroatoms. The van der Waals surface area contributed by atoms with Crippen LogP contribution in [0.15, 0.2) is 35.6 Å². The van der Waals surface area contributed by atoms with Crippen LogP contribution in [0, 0.1) is 5.82 Å². The number of carboxylic acid groups (broad SMARTS) is 1. The van der Waals surface area contributed by atoms with E-state index in [-0.39, 0.29) is 11.6 Å². The van der Waals surface area contributed by atoms with Crippen LogP contribution < -0.4 is 0 Å². The smallest absolute Gasteiger partial charge is 0.313 e. The third kappa shape index (κ3) is 4.07. The van der Waals surface area contributed by atoms with Crippen molar-refractivity contribution in [2.24, 2.45) is 0 Å². The van der Waals surface area contributed by atoms with Crippen molar-refractivity contribution < 1.29 is 14.3 Å². The van der Waals surface area contributed by atoms with Crippen LogP contribution in [-0.4, -0.2) is 26.4 Å². The van der Waals surface area contributed by atoms with Crippen LogP contribution in [0.3, 0.4) is 0 Å². The number of imidazole rings is 1. The zero-order valence-corrected chi connectivity index (χ0v) is 12.6. The normalized spacial score (nSPS) is 10.8. The minimum absolute atomic E-state index is 0.0218. The second-order valence-corrected chi connectivity index (χ2v) is 5.56. The third-order valence-corrected chi connectivity index (χ3v) is 3.99. The molecule has 0 fully saturated rings. The molecule has 1 aromatic heterocycles. The van der Waals surface area contributed by atoms with Crippen LogP contribution in [0.1, 0.15) is 19.8 Å². The molecule has 0 radical (unpaired) electrons. The molecule has 0 bridgehead atoms. The van der Waals surface area contributed by atoms with Gasteiger partial charge in [0.2, 0.25) is 0 Å². The lowest BCUT2D eigenvalue weighted by Gasteiger charge is -2.11. The molecule has 4 nitrogen and oxygen atoms in total. The number of aliphatic carboxylic acids is 1. The number of thioether (sulfide) groups is 1. The number of benzene rings is 1. The molecule has 2 aromatic rings. The molecule has 0 saturated heterocycles. The van der Waals surface area contributed by atoms with E-state index in [1.165, 1.54) is 23.9 Å². The number of carbonyl (C=O) groups is 1. The number of nitrogens with zero attached hydrogens (tertiary/aromatic N) is 2. The first-order valence-electron chi connectivity index (χ1n) is 6.78. The van der Waals surface area contributed by atoms with E-state index in [1.54, 1.807) is 18.3 Å².